The van der Waals surface area contributed by atoms with Crippen molar-refractivity contribution in [1.29, 1.82) is 0 Å². The smallest absolute Gasteiger partial charge is 0.292 e. The summed E-state index contributed by atoms with van der Waals surface area (Å²) in [5, 5.41) is 11.5. The van der Waals surface area contributed by atoms with E-state index in [1.807, 2.05) is 30.2 Å². The Morgan fingerprint density at radius 1 is 1.27 bits per heavy atom. The molecule has 11 heteroatoms. The Kier molecular flexibility index (Phi) is 8.22. The maximum atomic E-state index is 12.9. The Morgan fingerprint density at radius 2 is 2.08 bits per heavy atom. The van der Waals surface area contributed by atoms with Crippen molar-refractivity contribution in [3.63, 3.8) is 0 Å². The average Bonchev–Trinajstić information content (AvgIpc) is 3.64. The number of benzene rings is 1. The van der Waals surface area contributed by atoms with Crippen LogP contribution >= 0.6 is 0 Å². The van der Waals surface area contributed by atoms with Gasteiger partial charge in [-0.1, -0.05) is 0 Å². The minimum atomic E-state index is -0.0399. The van der Waals surface area contributed by atoms with Gasteiger partial charge in [0.15, 0.2) is 0 Å². The van der Waals surface area contributed by atoms with Crippen molar-refractivity contribution in [3.8, 4) is 0 Å². The molecule has 5 rings (SSSR count). The summed E-state index contributed by atoms with van der Waals surface area (Å²) >= 11 is 0. The summed E-state index contributed by atoms with van der Waals surface area (Å²) in [7, 11) is 5.33. The van der Waals surface area contributed by atoms with Crippen molar-refractivity contribution in [2.45, 2.75) is 51.9 Å². The molecule has 1 aliphatic heterocycles. The summed E-state index contributed by atoms with van der Waals surface area (Å²) in [4.78, 5) is 29.2. The summed E-state index contributed by atoms with van der Waals surface area (Å²) in [5.41, 5.74) is 5.53. The molecule has 11 nitrogen and oxygen atoms in total. The molecule has 3 aromatic heterocycles. The number of hydrogen-bond donors (Lipinski definition) is 1. The van der Waals surface area contributed by atoms with E-state index in [9.17, 15) is 4.79 Å². The second-order valence-corrected chi connectivity index (χ2v) is 9.19. The summed E-state index contributed by atoms with van der Waals surface area (Å²) in [6.45, 7) is 4.04. The molecule has 0 bridgehead atoms. The third-order valence-corrected chi connectivity index (χ3v) is 6.70. The van der Waals surface area contributed by atoms with Gasteiger partial charge in [0.2, 0.25) is 5.91 Å². The number of amides is 1. The molecule has 37 heavy (non-hydrogen) atoms. The second-order valence-electron chi connectivity index (χ2n) is 9.19. The summed E-state index contributed by atoms with van der Waals surface area (Å²) in [5.74, 6) is 0.869. The first-order chi connectivity index (χ1) is 17.9. The standard InChI is InChI=1S/C24H30N8O.C2H4O2/c1-17-5-6-19-20(30(17)3)7-8-21-24(19)28-22(9-12-31-11-4-10-26-31)32(21)16-23(33)25-13-18-14-27-29(2)15-18;1-4-2-3/h4,7-8,10-11,14-15,17H,5-6,9,12-13,16H2,1-3H3,(H,25,33);2H,1H3. The van der Waals surface area contributed by atoms with Crippen LogP contribution in [0.1, 0.15) is 30.3 Å². The van der Waals surface area contributed by atoms with Gasteiger partial charge in [-0.05, 0) is 38.0 Å². The highest BCUT2D eigenvalue weighted by Gasteiger charge is 2.25. The van der Waals surface area contributed by atoms with E-state index in [2.05, 4.69) is 55.8 Å². The Bertz CT molecular complexity index is 1340. The number of aryl methyl sites for hydroxylation is 4. The number of methoxy groups -OCH3 is 1. The number of nitrogens with zero attached hydrogens (tertiary/aromatic N) is 7. The van der Waals surface area contributed by atoms with Crippen molar-refractivity contribution in [2.24, 2.45) is 7.05 Å². The van der Waals surface area contributed by atoms with E-state index < -0.39 is 0 Å². The van der Waals surface area contributed by atoms with Crippen LogP contribution < -0.4 is 10.2 Å². The van der Waals surface area contributed by atoms with Gasteiger partial charge in [-0.15, -0.1) is 0 Å². The average molecular weight is 507 g/mol. The minimum absolute atomic E-state index is 0.0399. The van der Waals surface area contributed by atoms with Crippen molar-refractivity contribution < 1.29 is 14.3 Å². The van der Waals surface area contributed by atoms with Crippen LogP contribution in [0.2, 0.25) is 0 Å². The Morgan fingerprint density at radius 3 is 2.76 bits per heavy atom. The van der Waals surface area contributed by atoms with Crippen molar-refractivity contribution >= 4 is 29.1 Å². The van der Waals surface area contributed by atoms with E-state index >= 15 is 0 Å². The van der Waals surface area contributed by atoms with Crippen LogP contribution in [0.25, 0.3) is 11.0 Å². The summed E-state index contributed by atoms with van der Waals surface area (Å²) in [6, 6.07) is 6.72. The van der Waals surface area contributed by atoms with Crippen molar-refractivity contribution in [1.82, 2.24) is 34.4 Å². The number of carbonyl (C=O) groups is 2. The Hall–Kier alpha value is -4.15. The molecule has 0 saturated carbocycles. The number of hydrogen-bond acceptors (Lipinski definition) is 7. The van der Waals surface area contributed by atoms with Crippen molar-refractivity contribution in [2.75, 3.05) is 19.1 Å². The molecule has 1 aromatic carbocycles. The molecule has 1 amide bonds. The lowest BCUT2D eigenvalue weighted by molar-refractivity contribution is -0.126. The SMILES string of the molecule is CC1CCc2c(ccc3c2nc(CCn2cccn2)n3CC(=O)NCc2cnn(C)c2)N1C.COC=O. The molecular weight excluding hydrogens is 472 g/mol. The molecule has 0 saturated heterocycles. The molecular formula is C26H34N8O3. The quantitative estimate of drug-likeness (QED) is 0.364. The van der Waals surface area contributed by atoms with E-state index in [1.54, 1.807) is 17.1 Å². The second kappa shape index (κ2) is 11.7. The van der Waals surface area contributed by atoms with E-state index in [-0.39, 0.29) is 12.5 Å². The molecule has 196 valence electrons. The van der Waals surface area contributed by atoms with E-state index in [4.69, 9.17) is 9.78 Å². The van der Waals surface area contributed by atoms with Crippen LogP contribution in [-0.2, 0) is 53.8 Å². The minimum Gasteiger partial charge on any atom is -0.471 e. The van der Waals surface area contributed by atoms with Crippen molar-refractivity contribution in [3.05, 3.63) is 59.9 Å². The molecule has 0 spiro atoms. The zero-order valence-electron chi connectivity index (χ0n) is 21.8. The highest BCUT2D eigenvalue weighted by atomic mass is 16.5. The number of nitrogens with one attached hydrogen (secondary N) is 1. The van der Waals surface area contributed by atoms with Gasteiger partial charge in [-0.25, -0.2) is 4.98 Å². The molecule has 0 fully saturated rings. The van der Waals surface area contributed by atoms with Gasteiger partial charge in [0.1, 0.15) is 12.4 Å². The van der Waals surface area contributed by atoms with Crippen LogP contribution in [0.4, 0.5) is 5.69 Å². The number of aromatic nitrogens is 6. The Balaban J connectivity index is 0.000000747. The molecule has 4 heterocycles. The lowest BCUT2D eigenvalue weighted by atomic mass is 9.96. The highest BCUT2D eigenvalue weighted by molar-refractivity contribution is 5.87. The van der Waals surface area contributed by atoms with Gasteiger partial charge >= 0.3 is 0 Å². The number of fused-ring (bicyclic) bond motifs is 3. The topological polar surface area (TPSA) is 112 Å². The molecule has 1 N–H and O–H groups in total. The van der Waals surface area contributed by atoms with Gasteiger partial charge < -0.3 is 19.5 Å². The molecule has 0 radical (unpaired) electrons. The van der Waals surface area contributed by atoms with Gasteiger partial charge in [0, 0.05) is 75.1 Å². The molecule has 1 unspecified atom stereocenters. The molecule has 1 atom stereocenters. The van der Waals surface area contributed by atoms with Gasteiger partial charge in [-0.2, -0.15) is 10.2 Å². The van der Waals surface area contributed by atoms with Crippen LogP contribution in [-0.4, -0.2) is 61.7 Å². The predicted molar refractivity (Wildman–Crippen MR) is 140 cm³/mol. The predicted octanol–water partition coefficient (Wildman–Crippen LogP) is 2.09. The first-order valence-corrected chi connectivity index (χ1v) is 12.3. The van der Waals surface area contributed by atoms with Gasteiger partial charge in [0.25, 0.3) is 6.47 Å². The number of imidazole rings is 1. The van der Waals surface area contributed by atoms with Crippen LogP contribution in [0.3, 0.4) is 0 Å². The number of ether oxygens (including phenoxy) is 1. The highest BCUT2D eigenvalue weighted by Crippen LogP contribution is 2.35. The lowest BCUT2D eigenvalue weighted by Crippen LogP contribution is -2.33. The molecule has 1 aliphatic rings. The number of anilines is 1. The van der Waals surface area contributed by atoms with Gasteiger partial charge in [-0.3, -0.25) is 19.0 Å². The molecule has 0 aliphatic carbocycles. The number of rotatable bonds is 8. The molecule has 4 aromatic rings. The fourth-order valence-electron chi connectivity index (χ4n) is 4.62. The van der Waals surface area contributed by atoms with Gasteiger partial charge in [0.05, 0.1) is 24.3 Å². The van der Waals surface area contributed by atoms with E-state index in [0.29, 0.717) is 32.0 Å². The zero-order valence-corrected chi connectivity index (χ0v) is 21.8. The zero-order chi connectivity index (χ0) is 26.4. The lowest BCUT2D eigenvalue weighted by Gasteiger charge is -2.33. The Labute approximate surface area is 216 Å². The third-order valence-electron chi connectivity index (χ3n) is 6.70. The third kappa shape index (κ3) is 5.99. The fraction of sp³-hybridized carbons (Fsp3) is 0.423. The first-order valence-electron chi connectivity index (χ1n) is 12.3. The fourth-order valence-corrected chi connectivity index (χ4v) is 4.62. The normalized spacial score (nSPS) is 14.6. The summed E-state index contributed by atoms with van der Waals surface area (Å²) in [6.07, 6.45) is 10.2. The van der Waals surface area contributed by atoms with E-state index in [1.165, 1.54) is 18.4 Å². The first kappa shape index (κ1) is 25.9. The van der Waals surface area contributed by atoms with Crippen LogP contribution in [0.5, 0.6) is 0 Å². The maximum Gasteiger partial charge on any atom is 0.292 e. The van der Waals surface area contributed by atoms with Crippen LogP contribution in [0.15, 0.2) is 43.0 Å². The largest absolute Gasteiger partial charge is 0.471 e. The summed E-state index contributed by atoms with van der Waals surface area (Å²) < 4.78 is 9.56. The maximum absolute atomic E-state index is 12.9. The van der Waals surface area contributed by atoms with E-state index in [0.717, 1.165) is 35.3 Å². The monoisotopic (exact) mass is 506 g/mol. The van der Waals surface area contributed by atoms with Crippen LogP contribution in [0, 0.1) is 0 Å². The number of carbonyl (C=O) groups excluding carboxylic acids is 2.